The number of nitrogens with two attached hydrogens (primary N) is 1. The number of carboxylic acids is 1. The number of carboxylic acid groups (broad SMARTS) is 1. The molecule has 174 valence electrons. The van der Waals surface area contributed by atoms with Crippen LogP contribution >= 0.6 is 0 Å². The van der Waals surface area contributed by atoms with E-state index in [-0.39, 0.29) is 12.2 Å². The van der Waals surface area contributed by atoms with Crippen LogP contribution in [0, 0.1) is 11.7 Å². The number of amides is 1. The quantitative estimate of drug-likeness (QED) is 0.603. The van der Waals surface area contributed by atoms with E-state index < -0.39 is 40.6 Å². The fraction of sp³-hybridized carbons (Fsp3) is 0.440. The van der Waals surface area contributed by atoms with Gasteiger partial charge in [-0.05, 0) is 58.7 Å². The third-order valence-electron chi connectivity index (χ3n) is 5.95. The molecule has 4 N–H and O–H groups in total. The van der Waals surface area contributed by atoms with Crippen LogP contribution < -0.4 is 5.73 Å². The number of benzene rings is 2. The van der Waals surface area contributed by atoms with Crippen LogP contribution in [0.2, 0.25) is 0 Å². The molecular formula is C25H33FN2O4. The van der Waals surface area contributed by atoms with Gasteiger partial charge in [0.05, 0.1) is 6.04 Å². The second-order valence-electron chi connectivity index (χ2n) is 9.54. The average molecular weight is 445 g/mol. The fourth-order valence-electron chi connectivity index (χ4n) is 4.19. The van der Waals surface area contributed by atoms with E-state index in [1.807, 2.05) is 20.8 Å². The van der Waals surface area contributed by atoms with Gasteiger partial charge < -0.3 is 20.8 Å². The summed E-state index contributed by atoms with van der Waals surface area (Å²) in [7, 11) is 1.44. The molecule has 7 heteroatoms. The number of nitrogens with zero attached hydrogens (tertiary/aromatic N) is 1. The first-order valence-electron chi connectivity index (χ1n) is 10.6. The highest BCUT2D eigenvalue weighted by molar-refractivity contribution is 5.91. The molecule has 0 aliphatic heterocycles. The lowest BCUT2D eigenvalue weighted by molar-refractivity contribution is -0.163. The smallest absolute Gasteiger partial charge is 0.334 e. The van der Waals surface area contributed by atoms with Gasteiger partial charge in [0, 0.05) is 7.05 Å². The van der Waals surface area contributed by atoms with Crippen molar-refractivity contribution in [3.63, 3.8) is 0 Å². The monoisotopic (exact) mass is 444 g/mol. The predicted octanol–water partition coefficient (Wildman–Crippen LogP) is 3.79. The Bertz CT molecular complexity index is 982. The Morgan fingerprint density at radius 2 is 1.66 bits per heavy atom. The highest BCUT2D eigenvalue weighted by Gasteiger charge is 2.50. The van der Waals surface area contributed by atoms with Crippen molar-refractivity contribution in [3.05, 3.63) is 65.0 Å². The van der Waals surface area contributed by atoms with Crippen LogP contribution in [0.25, 0.3) is 0 Å². The maximum Gasteiger partial charge on any atom is 0.334 e. The Morgan fingerprint density at radius 3 is 2.12 bits per heavy atom. The highest BCUT2D eigenvalue weighted by atomic mass is 19.1. The molecule has 32 heavy (non-hydrogen) atoms. The normalized spacial score (nSPS) is 14.7. The molecule has 2 rings (SSSR count). The summed E-state index contributed by atoms with van der Waals surface area (Å²) in [6, 6.07) is 9.31. The number of phenolic OH excluding ortho intramolecular Hbond substituents is 1. The second-order valence-corrected chi connectivity index (χ2v) is 9.54. The lowest BCUT2D eigenvalue weighted by Crippen LogP contribution is -2.59. The van der Waals surface area contributed by atoms with Crippen LogP contribution in [0.1, 0.15) is 51.3 Å². The number of halogens is 1. The molecule has 0 fully saturated rings. The molecule has 0 spiro atoms. The summed E-state index contributed by atoms with van der Waals surface area (Å²) in [5.74, 6) is -2.58. The first kappa shape index (κ1) is 25.3. The van der Waals surface area contributed by atoms with E-state index in [0.717, 1.165) is 0 Å². The minimum atomic E-state index is -1.70. The van der Waals surface area contributed by atoms with Crippen molar-refractivity contribution in [1.29, 1.82) is 0 Å². The van der Waals surface area contributed by atoms with E-state index >= 15 is 0 Å². The molecule has 0 heterocycles. The number of hydrogen-bond acceptors (Lipinski definition) is 4. The fourth-order valence-corrected chi connectivity index (χ4v) is 4.19. The van der Waals surface area contributed by atoms with Gasteiger partial charge in [-0.1, -0.05) is 52.8 Å². The van der Waals surface area contributed by atoms with Crippen molar-refractivity contribution in [3.8, 4) is 5.75 Å². The molecule has 2 unspecified atom stereocenters. The van der Waals surface area contributed by atoms with Crippen molar-refractivity contribution in [2.45, 2.75) is 58.0 Å². The number of phenols is 1. The summed E-state index contributed by atoms with van der Waals surface area (Å²) in [4.78, 5) is 27.2. The zero-order valence-electron chi connectivity index (χ0n) is 19.5. The van der Waals surface area contributed by atoms with Crippen LogP contribution in [0.5, 0.6) is 5.75 Å². The molecule has 0 bridgehead atoms. The number of hydrogen-bond donors (Lipinski definition) is 3. The molecule has 0 saturated heterocycles. The van der Waals surface area contributed by atoms with Gasteiger partial charge in [-0.25, -0.2) is 9.18 Å². The van der Waals surface area contributed by atoms with Gasteiger partial charge in [0.2, 0.25) is 5.91 Å². The van der Waals surface area contributed by atoms with E-state index in [1.165, 1.54) is 36.2 Å². The van der Waals surface area contributed by atoms with Crippen molar-refractivity contribution in [2.24, 2.45) is 11.7 Å². The third-order valence-corrected chi connectivity index (χ3v) is 5.95. The van der Waals surface area contributed by atoms with E-state index in [9.17, 15) is 24.2 Å². The van der Waals surface area contributed by atoms with Crippen molar-refractivity contribution in [1.82, 2.24) is 4.90 Å². The number of likely N-dealkylation sites (N-methyl/N-ethyl adjacent to an activating group) is 1. The first-order valence-corrected chi connectivity index (χ1v) is 10.6. The molecule has 2 atom stereocenters. The Labute approximate surface area is 188 Å². The van der Waals surface area contributed by atoms with Crippen LogP contribution in [-0.2, 0) is 27.0 Å². The third kappa shape index (κ3) is 4.78. The van der Waals surface area contributed by atoms with Gasteiger partial charge in [0.1, 0.15) is 11.6 Å². The molecule has 0 aromatic heterocycles. The predicted molar refractivity (Wildman–Crippen MR) is 122 cm³/mol. The molecular weight excluding hydrogens is 411 g/mol. The molecule has 6 nitrogen and oxygen atoms in total. The zero-order chi connectivity index (χ0) is 24.4. The Balaban J connectivity index is 2.53. The van der Waals surface area contributed by atoms with Gasteiger partial charge in [-0.15, -0.1) is 0 Å². The number of carbonyl (C=O) groups is 2. The molecule has 2 aromatic rings. The molecule has 0 saturated carbocycles. The van der Waals surface area contributed by atoms with Gasteiger partial charge >= 0.3 is 5.97 Å². The Hall–Kier alpha value is -2.93. The zero-order valence-corrected chi connectivity index (χ0v) is 19.5. The highest BCUT2D eigenvalue weighted by Crippen LogP contribution is 2.40. The Kier molecular flexibility index (Phi) is 7.35. The minimum Gasteiger partial charge on any atom is -0.508 e. The lowest BCUT2D eigenvalue weighted by atomic mass is 9.75. The maximum absolute atomic E-state index is 13.3. The largest absolute Gasteiger partial charge is 0.508 e. The average Bonchev–Trinajstić information content (AvgIpc) is 2.69. The summed E-state index contributed by atoms with van der Waals surface area (Å²) in [5, 5.41) is 20.8. The van der Waals surface area contributed by atoms with Crippen molar-refractivity contribution < 1.29 is 24.2 Å². The van der Waals surface area contributed by atoms with Crippen LogP contribution in [-0.4, -0.2) is 40.1 Å². The van der Waals surface area contributed by atoms with Crippen LogP contribution in [0.3, 0.4) is 0 Å². The summed E-state index contributed by atoms with van der Waals surface area (Å²) < 4.78 is 13.2. The van der Waals surface area contributed by atoms with E-state index in [0.29, 0.717) is 16.7 Å². The van der Waals surface area contributed by atoms with E-state index in [2.05, 4.69) is 0 Å². The minimum absolute atomic E-state index is 0.0614. The number of aliphatic carboxylic acids is 1. The summed E-state index contributed by atoms with van der Waals surface area (Å²) >= 11 is 0. The van der Waals surface area contributed by atoms with Gasteiger partial charge in [-0.3, -0.25) is 4.79 Å². The topological polar surface area (TPSA) is 104 Å². The summed E-state index contributed by atoms with van der Waals surface area (Å²) in [5.41, 5.74) is 5.66. The van der Waals surface area contributed by atoms with Crippen LogP contribution in [0.15, 0.2) is 42.5 Å². The van der Waals surface area contributed by atoms with E-state index in [1.54, 1.807) is 32.0 Å². The van der Waals surface area contributed by atoms with E-state index in [4.69, 9.17) is 5.73 Å². The van der Waals surface area contributed by atoms with Crippen molar-refractivity contribution >= 4 is 11.9 Å². The van der Waals surface area contributed by atoms with Gasteiger partial charge in [-0.2, -0.15) is 0 Å². The number of aromatic hydroxyl groups is 1. The molecule has 1 amide bonds. The van der Waals surface area contributed by atoms with Gasteiger partial charge in [0.15, 0.2) is 5.54 Å². The Morgan fingerprint density at radius 1 is 1.09 bits per heavy atom. The van der Waals surface area contributed by atoms with Gasteiger partial charge in [0.25, 0.3) is 0 Å². The first-order chi connectivity index (χ1) is 14.7. The van der Waals surface area contributed by atoms with Crippen molar-refractivity contribution in [2.75, 3.05) is 7.05 Å². The molecule has 0 radical (unpaired) electrons. The SMILES string of the molecule is CC(C)C(C(=O)O)(c1ccc(O)c(C(C)(C)C)c1)N(C)C(=O)C(N)Cc1ccc(F)cc1. The number of rotatable bonds is 7. The molecule has 0 aliphatic carbocycles. The standard InChI is InChI=1S/C25H33FN2O4/c1-15(2)25(23(31)32,17-9-12-21(29)19(14-17)24(3,4)5)28(6)22(30)20(27)13-16-7-10-18(26)11-8-16/h7-12,14-15,20,29H,13,27H2,1-6H3,(H,31,32). The lowest BCUT2D eigenvalue weighted by Gasteiger charge is -2.43. The van der Waals surface area contributed by atoms with Crippen LogP contribution in [0.4, 0.5) is 4.39 Å². The number of carbonyl (C=O) groups excluding carboxylic acids is 1. The summed E-state index contributed by atoms with van der Waals surface area (Å²) in [6.07, 6.45) is 0.139. The molecule has 2 aromatic carbocycles. The maximum atomic E-state index is 13.3. The molecule has 0 aliphatic rings. The summed E-state index contributed by atoms with van der Waals surface area (Å²) in [6.45, 7) is 9.20. The second kappa shape index (κ2) is 9.28.